The first-order valence-electron chi connectivity index (χ1n) is 6.10. The lowest BCUT2D eigenvalue weighted by molar-refractivity contribution is -0.131. The summed E-state index contributed by atoms with van der Waals surface area (Å²) in [5.41, 5.74) is -0.342. The van der Waals surface area contributed by atoms with Crippen molar-refractivity contribution in [3.63, 3.8) is 0 Å². The Kier molecular flexibility index (Phi) is 2.97. The minimum Gasteiger partial charge on any atom is -0.475 e. The van der Waals surface area contributed by atoms with Crippen LogP contribution >= 0.6 is 15.9 Å². The SMILES string of the molecule is CC1(C)Oc2c(Br)cccc2N(c2ncccn2)C1=O. The number of hydrogen-bond acceptors (Lipinski definition) is 4. The Morgan fingerprint density at radius 2 is 1.90 bits per heavy atom. The maximum Gasteiger partial charge on any atom is 0.277 e. The summed E-state index contributed by atoms with van der Waals surface area (Å²) < 4.78 is 6.61. The zero-order valence-electron chi connectivity index (χ0n) is 11.0. The number of carbonyl (C=O) groups is 1. The number of ether oxygens (including phenoxy) is 1. The van der Waals surface area contributed by atoms with Crippen LogP contribution in [0.2, 0.25) is 0 Å². The van der Waals surface area contributed by atoms with Gasteiger partial charge in [0, 0.05) is 12.4 Å². The molecule has 1 aromatic carbocycles. The highest BCUT2D eigenvalue weighted by Gasteiger charge is 2.43. The van der Waals surface area contributed by atoms with Crippen molar-refractivity contribution in [2.45, 2.75) is 19.4 Å². The molecule has 0 saturated carbocycles. The number of benzene rings is 1. The molecule has 1 amide bonds. The van der Waals surface area contributed by atoms with E-state index >= 15 is 0 Å². The van der Waals surface area contributed by atoms with Crippen molar-refractivity contribution in [3.8, 4) is 5.75 Å². The summed E-state index contributed by atoms with van der Waals surface area (Å²) in [6, 6.07) is 7.23. The molecule has 6 heteroatoms. The quantitative estimate of drug-likeness (QED) is 0.804. The topological polar surface area (TPSA) is 55.3 Å². The number of para-hydroxylation sites is 1. The van der Waals surface area contributed by atoms with E-state index in [2.05, 4.69) is 25.9 Å². The van der Waals surface area contributed by atoms with Gasteiger partial charge in [-0.05, 0) is 48.0 Å². The van der Waals surface area contributed by atoms with Crippen molar-refractivity contribution in [3.05, 3.63) is 41.1 Å². The predicted octanol–water partition coefficient (Wildman–Crippen LogP) is 3.07. The Balaban J connectivity index is 2.23. The summed E-state index contributed by atoms with van der Waals surface area (Å²) in [4.78, 5) is 22.5. The number of nitrogens with zero attached hydrogens (tertiary/aromatic N) is 3. The Morgan fingerprint density at radius 3 is 2.60 bits per heavy atom. The number of aromatic nitrogens is 2. The Hall–Kier alpha value is -1.95. The van der Waals surface area contributed by atoms with Crippen LogP contribution in [0, 0.1) is 0 Å². The molecule has 0 saturated heterocycles. The largest absolute Gasteiger partial charge is 0.475 e. The molecule has 2 heterocycles. The molecule has 1 aliphatic heterocycles. The maximum atomic E-state index is 12.6. The van der Waals surface area contributed by atoms with Crippen LogP contribution in [0.4, 0.5) is 11.6 Å². The highest BCUT2D eigenvalue weighted by molar-refractivity contribution is 9.10. The van der Waals surface area contributed by atoms with Crippen molar-refractivity contribution >= 4 is 33.5 Å². The summed E-state index contributed by atoms with van der Waals surface area (Å²) in [5, 5.41) is 0. The van der Waals surface area contributed by atoms with Crippen LogP contribution in [0.1, 0.15) is 13.8 Å². The zero-order valence-corrected chi connectivity index (χ0v) is 12.6. The van der Waals surface area contributed by atoms with Crippen molar-refractivity contribution in [1.82, 2.24) is 9.97 Å². The monoisotopic (exact) mass is 333 g/mol. The second kappa shape index (κ2) is 4.56. The van der Waals surface area contributed by atoms with Crippen molar-refractivity contribution in [1.29, 1.82) is 0 Å². The molecule has 0 fully saturated rings. The van der Waals surface area contributed by atoms with Gasteiger partial charge in [0.25, 0.3) is 5.91 Å². The minimum atomic E-state index is -0.976. The van der Waals surface area contributed by atoms with Gasteiger partial charge in [-0.2, -0.15) is 0 Å². The number of amides is 1. The summed E-state index contributed by atoms with van der Waals surface area (Å²) in [7, 11) is 0. The molecule has 3 rings (SSSR count). The lowest BCUT2D eigenvalue weighted by Crippen LogP contribution is -2.51. The minimum absolute atomic E-state index is 0.200. The van der Waals surface area contributed by atoms with Gasteiger partial charge in [-0.25, -0.2) is 14.9 Å². The van der Waals surface area contributed by atoms with Gasteiger partial charge in [0.2, 0.25) is 5.95 Å². The number of carbonyl (C=O) groups excluding carboxylic acids is 1. The number of fused-ring (bicyclic) bond motifs is 1. The summed E-state index contributed by atoms with van der Waals surface area (Å²) in [6.45, 7) is 3.46. The van der Waals surface area contributed by atoms with Crippen LogP contribution < -0.4 is 9.64 Å². The average Bonchev–Trinajstić information content (AvgIpc) is 2.43. The fourth-order valence-corrected chi connectivity index (χ4v) is 2.49. The summed E-state index contributed by atoms with van der Waals surface area (Å²) >= 11 is 3.45. The van der Waals surface area contributed by atoms with Crippen molar-refractivity contribution in [2.75, 3.05) is 4.90 Å². The van der Waals surface area contributed by atoms with E-state index in [4.69, 9.17) is 4.74 Å². The highest BCUT2D eigenvalue weighted by Crippen LogP contribution is 2.44. The number of hydrogen-bond donors (Lipinski definition) is 0. The van der Waals surface area contributed by atoms with E-state index in [0.29, 0.717) is 17.4 Å². The van der Waals surface area contributed by atoms with Gasteiger partial charge in [0.15, 0.2) is 11.4 Å². The molecule has 0 spiro atoms. The lowest BCUT2D eigenvalue weighted by Gasteiger charge is -2.37. The van der Waals surface area contributed by atoms with E-state index in [9.17, 15) is 4.79 Å². The second-order valence-electron chi connectivity index (χ2n) is 4.89. The van der Waals surface area contributed by atoms with E-state index < -0.39 is 5.60 Å². The van der Waals surface area contributed by atoms with Crippen LogP contribution in [0.3, 0.4) is 0 Å². The molecule has 0 radical (unpaired) electrons. The summed E-state index contributed by atoms with van der Waals surface area (Å²) in [5.74, 6) is 0.757. The molecule has 2 aromatic rings. The van der Waals surface area contributed by atoms with E-state index in [1.54, 1.807) is 32.3 Å². The van der Waals surface area contributed by atoms with Crippen LogP contribution in [0.25, 0.3) is 0 Å². The summed E-state index contributed by atoms with van der Waals surface area (Å²) in [6.07, 6.45) is 3.21. The first-order valence-corrected chi connectivity index (χ1v) is 6.89. The zero-order chi connectivity index (χ0) is 14.3. The molecule has 0 atom stereocenters. The van der Waals surface area contributed by atoms with Crippen LogP contribution in [-0.4, -0.2) is 21.5 Å². The molecule has 5 nitrogen and oxygen atoms in total. The van der Waals surface area contributed by atoms with E-state index in [-0.39, 0.29) is 5.91 Å². The van der Waals surface area contributed by atoms with Gasteiger partial charge in [-0.1, -0.05) is 6.07 Å². The van der Waals surface area contributed by atoms with E-state index in [0.717, 1.165) is 4.47 Å². The van der Waals surface area contributed by atoms with Gasteiger partial charge >= 0.3 is 0 Å². The normalized spacial score (nSPS) is 16.6. The highest BCUT2D eigenvalue weighted by atomic mass is 79.9. The van der Waals surface area contributed by atoms with Gasteiger partial charge in [-0.15, -0.1) is 0 Å². The lowest BCUT2D eigenvalue weighted by atomic mass is 10.0. The third-order valence-electron chi connectivity index (χ3n) is 3.01. The molecule has 1 aromatic heterocycles. The van der Waals surface area contributed by atoms with Gasteiger partial charge < -0.3 is 4.74 Å². The van der Waals surface area contributed by atoms with Crippen LogP contribution in [0.5, 0.6) is 5.75 Å². The Labute approximate surface area is 124 Å². The first kappa shape index (κ1) is 13.1. The maximum absolute atomic E-state index is 12.6. The third kappa shape index (κ3) is 1.96. The molecule has 1 aliphatic rings. The number of halogens is 1. The number of anilines is 2. The number of rotatable bonds is 1. The van der Waals surface area contributed by atoms with Crippen molar-refractivity contribution in [2.24, 2.45) is 0 Å². The predicted molar refractivity (Wildman–Crippen MR) is 78.0 cm³/mol. The van der Waals surface area contributed by atoms with E-state index in [1.165, 1.54) is 4.90 Å². The second-order valence-corrected chi connectivity index (χ2v) is 5.74. The van der Waals surface area contributed by atoms with Gasteiger partial charge in [-0.3, -0.25) is 4.79 Å². The fraction of sp³-hybridized carbons (Fsp3) is 0.214. The molecule has 0 bridgehead atoms. The first-order chi connectivity index (χ1) is 9.50. The van der Waals surface area contributed by atoms with Crippen LogP contribution in [0.15, 0.2) is 41.1 Å². The average molecular weight is 334 g/mol. The molecule has 0 N–H and O–H groups in total. The fourth-order valence-electron chi connectivity index (χ4n) is 2.06. The molecule has 0 unspecified atom stereocenters. The Bertz CT molecular complexity index is 673. The third-order valence-corrected chi connectivity index (χ3v) is 3.64. The molecule has 20 heavy (non-hydrogen) atoms. The smallest absolute Gasteiger partial charge is 0.277 e. The van der Waals surface area contributed by atoms with Gasteiger partial charge in [0.1, 0.15) is 0 Å². The molecule has 102 valence electrons. The van der Waals surface area contributed by atoms with Crippen molar-refractivity contribution < 1.29 is 9.53 Å². The van der Waals surface area contributed by atoms with Crippen LogP contribution in [-0.2, 0) is 4.79 Å². The molecule has 0 aliphatic carbocycles. The molecular weight excluding hydrogens is 322 g/mol. The molecular formula is C14H12BrN3O2. The van der Waals surface area contributed by atoms with Gasteiger partial charge in [0.05, 0.1) is 10.2 Å². The van der Waals surface area contributed by atoms with E-state index in [1.807, 2.05) is 18.2 Å². The Morgan fingerprint density at radius 1 is 1.20 bits per heavy atom. The standard InChI is InChI=1S/C14H12BrN3O2/c1-14(2)12(19)18(13-16-7-4-8-17-13)10-6-3-5-9(15)11(10)20-14/h3-8H,1-2H3.